The van der Waals surface area contributed by atoms with Crippen LogP contribution in [0.15, 0.2) is 119 Å². The van der Waals surface area contributed by atoms with Crippen molar-refractivity contribution in [3.05, 3.63) is 130 Å². The molecule has 5 N–H and O–H groups in total. The van der Waals surface area contributed by atoms with Crippen molar-refractivity contribution in [3.8, 4) is 16.9 Å². The first-order valence-electron chi connectivity index (χ1n) is 23.7. The Labute approximate surface area is 372 Å². The Morgan fingerprint density at radius 1 is 0.905 bits per heavy atom. The van der Waals surface area contributed by atoms with Crippen LogP contribution in [0.25, 0.3) is 16.7 Å². The van der Waals surface area contributed by atoms with Gasteiger partial charge in [0.15, 0.2) is 0 Å². The summed E-state index contributed by atoms with van der Waals surface area (Å²) >= 11 is 0. The van der Waals surface area contributed by atoms with Gasteiger partial charge in [-0.05, 0) is 171 Å². The second-order valence-corrected chi connectivity index (χ2v) is 19.4. The van der Waals surface area contributed by atoms with E-state index in [2.05, 4.69) is 60.9 Å². The number of phenolic OH excluding ortho intramolecular Hbond substituents is 1. The third kappa shape index (κ3) is 8.38. The molecule has 3 aliphatic heterocycles. The number of hydrogen-bond acceptors (Lipinski definition) is 9. The number of piperidine rings is 1. The molecule has 0 amide bonds. The molecule has 1 spiro atoms. The number of aromatic hydroxyl groups is 1. The highest BCUT2D eigenvalue weighted by molar-refractivity contribution is 6.07. The number of carbonyl (C=O) groups is 2. The lowest BCUT2D eigenvalue weighted by Crippen LogP contribution is -2.52. The van der Waals surface area contributed by atoms with E-state index in [1.54, 1.807) is 12.1 Å². The summed E-state index contributed by atoms with van der Waals surface area (Å²) in [5.41, 5.74) is 6.03. The van der Waals surface area contributed by atoms with Crippen LogP contribution in [0.2, 0.25) is 0 Å². The van der Waals surface area contributed by atoms with Crippen molar-refractivity contribution >= 4 is 17.5 Å². The maximum absolute atomic E-state index is 14.8. The number of nitrogens with one attached hydrogen (secondary N) is 2. The number of aliphatic hydroxyl groups excluding tert-OH is 2. The number of carbonyl (C=O) groups excluding carboxylic acids is 2. The lowest BCUT2D eigenvalue weighted by Gasteiger charge is -2.56. The van der Waals surface area contributed by atoms with E-state index in [1.165, 1.54) is 6.42 Å². The number of phenols is 1. The minimum Gasteiger partial charge on any atom is -0.508 e. The van der Waals surface area contributed by atoms with E-state index >= 15 is 0 Å². The Kier molecular flexibility index (Phi) is 12.9. The van der Waals surface area contributed by atoms with Gasteiger partial charge in [0.05, 0.1) is 17.2 Å². The minimum atomic E-state index is -0.939. The number of esters is 2. The molecule has 3 heterocycles. The molecule has 1 saturated carbocycles. The topological polar surface area (TPSA) is 137 Å². The second-order valence-electron chi connectivity index (χ2n) is 19.4. The lowest BCUT2D eigenvalue weighted by molar-refractivity contribution is -0.135. The fourth-order valence-electron chi connectivity index (χ4n) is 12.4. The molecular weight excluding hydrogens is 789 g/mol. The van der Waals surface area contributed by atoms with Gasteiger partial charge in [-0.1, -0.05) is 80.6 Å². The van der Waals surface area contributed by atoms with Gasteiger partial charge in [0.2, 0.25) is 0 Å². The first-order chi connectivity index (χ1) is 30.7. The molecule has 3 fully saturated rings. The van der Waals surface area contributed by atoms with Crippen molar-refractivity contribution in [2.45, 2.75) is 90.6 Å². The van der Waals surface area contributed by atoms with Gasteiger partial charge >= 0.3 is 11.9 Å². The van der Waals surface area contributed by atoms with E-state index in [1.807, 2.05) is 42.5 Å². The molecule has 4 aliphatic carbocycles. The average Bonchev–Trinajstić information content (AvgIpc) is 3.78. The molecule has 332 valence electrons. The largest absolute Gasteiger partial charge is 0.508 e. The third-order valence-corrected chi connectivity index (χ3v) is 15.2. The molecule has 0 aromatic heterocycles. The van der Waals surface area contributed by atoms with Crippen LogP contribution in [0.4, 0.5) is 0 Å². The quantitative estimate of drug-likeness (QED) is 0.0707. The fourth-order valence-corrected chi connectivity index (χ4v) is 12.4. The molecule has 9 heteroatoms. The zero-order chi connectivity index (χ0) is 43.7. The SMILES string of the molecule is CC(C)CCCN[C@H]1C[C@H]([C@H](CO)CC=C2OC(=O)C3=C2CC[C@H]2[C@@H]4CC[C@]5(C(=C[C@H](CCO)Cc6ccccc6)OC(=O)C5=C4c4cc(O)ccc4-c4ccccc4)[C@H]32)CCN1. The van der Waals surface area contributed by atoms with Crippen LogP contribution in [0, 0.1) is 46.8 Å². The van der Waals surface area contributed by atoms with Crippen LogP contribution in [0.5, 0.6) is 5.75 Å². The van der Waals surface area contributed by atoms with Crippen LogP contribution in [0.1, 0.15) is 89.2 Å². The van der Waals surface area contributed by atoms with Crippen LogP contribution >= 0.6 is 0 Å². The van der Waals surface area contributed by atoms with Crippen LogP contribution in [-0.2, 0) is 25.5 Å². The van der Waals surface area contributed by atoms with E-state index in [0.29, 0.717) is 66.6 Å². The number of fused-ring (bicyclic) bond motifs is 1. The van der Waals surface area contributed by atoms with Gasteiger partial charge in [-0.25, -0.2) is 9.59 Å². The summed E-state index contributed by atoms with van der Waals surface area (Å²) < 4.78 is 12.8. The number of benzene rings is 3. The summed E-state index contributed by atoms with van der Waals surface area (Å²) in [4.78, 5) is 29.3. The summed E-state index contributed by atoms with van der Waals surface area (Å²) in [6, 6.07) is 25.7. The van der Waals surface area contributed by atoms with Crippen LogP contribution in [-0.4, -0.2) is 59.7 Å². The highest BCUT2D eigenvalue weighted by atomic mass is 16.6. The number of rotatable bonds is 16. The van der Waals surface area contributed by atoms with Gasteiger partial charge in [-0.2, -0.15) is 0 Å². The fraction of sp³-hybridized carbons (Fsp3) is 0.481. The van der Waals surface area contributed by atoms with Gasteiger partial charge in [-0.3, -0.25) is 0 Å². The molecule has 2 bridgehead atoms. The van der Waals surface area contributed by atoms with Crippen molar-refractivity contribution in [1.82, 2.24) is 10.6 Å². The van der Waals surface area contributed by atoms with Crippen molar-refractivity contribution < 1.29 is 34.4 Å². The Bertz CT molecular complexity index is 2300. The van der Waals surface area contributed by atoms with Gasteiger partial charge < -0.3 is 35.4 Å². The molecular formula is C54H64N2O7. The van der Waals surface area contributed by atoms with Gasteiger partial charge in [0.25, 0.3) is 0 Å². The minimum absolute atomic E-state index is 0.0161. The van der Waals surface area contributed by atoms with E-state index in [4.69, 9.17) is 9.47 Å². The monoisotopic (exact) mass is 852 g/mol. The molecule has 8 atom stereocenters. The Morgan fingerprint density at radius 3 is 2.46 bits per heavy atom. The molecule has 3 aromatic rings. The van der Waals surface area contributed by atoms with E-state index in [9.17, 15) is 24.9 Å². The first kappa shape index (κ1) is 43.5. The lowest BCUT2D eigenvalue weighted by atomic mass is 9.44. The predicted octanol–water partition coefficient (Wildman–Crippen LogP) is 9.02. The molecule has 0 unspecified atom stereocenters. The summed E-state index contributed by atoms with van der Waals surface area (Å²) in [5.74, 6) is 1.08. The summed E-state index contributed by atoms with van der Waals surface area (Å²) in [6.07, 6.45) is 13.2. The molecule has 7 aliphatic rings. The Hall–Kier alpha value is -4.80. The normalized spacial score (nSPS) is 28.6. The second kappa shape index (κ2) is 18.7. The molecule has 10 rings (SSSR count). The number of cyclic esters (lactones) is 2. The highest BCUT2D eigenvalue weighted by Crippen LogP contribution is 2.72. The standard InChI is InChI=1S/C54H64N2O7/c1-33(2)10-9-25-55-47-30-37(22-26-56-47)38(32-58)15-20-45-43-19-18-42-41-21-24-54(50(42)49(43)52(60)62-45)46(29-35(23-27-57)28-34-11-5-3-6-12-34)63-53(61)51(54)48(41)44-31-39(59)16-17-40(44)36-13-7-4-8-14-36/h3-8,11-14,16-17,20,29,31,33,35,37-38,41-42,47,50,55-59H,9-10,15,18-19,21-28,30,32H2,1-2H3/t35-,37-,38+,41+,42+,47-,50+,54+/m1/s1. The van der Waals surface area contributed by atoms with E-state index in [0.717, 1.165) is 78.6 Å². The van der Waals surface area contributed by atoms with Crippen LogP contribution in [0.3, 0.4) is 0 Å². The average molecular weight is 853 g/mol. The zero-order valence-corrected chi connectivity index (χ0v) is 36.9. The highest BCUT2D eigenvalue weighted by Gasteiger charge is 2.68. The molecule has 3 aromatic carbocycles. The van der Waals surface area contributed by atoms with Crippen molar-refractivity contribution in [1.29, 1.82) is 0 Å². The first-order valence-corrected chi connectivity index (χ1v) is 23.7. The van der Waals surface area contributed by atoms with Crippen molar-refractivity contribution in [3.63, 3.8) is 0 Å². The van der Waals surface area contributed by atoms with Gasteiger partial charge in [0, 0.05) is 30.3 Å². The van der Waals surface area contributed by atoms with E-state index in [-0.39, 0.29) is 60.7 Å². The van der Waals surface area contributed by atoms with Crippen LogP contribution < -0.4 is 10.6 Å². The molecule has 63 heavy (non-hydrogen) atoms. The Morgan fingerprint density at radius 2 is 1.70 bits per heavy atom. The van der Waals surface area contributed by atoms with Crippen molar-refractivity contribution in [2.75, 3.05) is 26.3 Å². The summed E-state index contributed by atoms with van der Waals surface area (Å²) in [5, 5.41) is 39.5. The number of allylic oxidation sites excluding steroid dienone is 5. The molecule has 0 radical (unpaired) electrons. The third-order valence-electron chi connectivity index (χ3n) is 15.2. The maximum Gasteiger partial charge on any atom is 0.340 e. The molecule has 2 saturated heterocycles. The van der Waals surface area contributed by atoms with Gasteiger partial charge in [0.1, 0.15) is 17.3 Å². The summed E-state index contributed by atoms with van der Waals surface area (Å²) in [7, 11) is 0. The number of hydrogen-bond donors (Lipinski definition) is 5. The summed E-state index contributed by atoms with van der Waals surface area (Å²) in [6.45, 7) is 6.42. The van der Waals surface area contributed by atoms with Crippen molar-refractivity contribution in [2.24, 2.45) is 46.8 Å². The van der Waals surface area contributed by atoms with E-state index < -0.39 is 11.4 Å². The number of aliphatic hydroxyl groups is 2. The predicted molar refractivity (Wildman–Crippen MR) is 244 cm³/mol. The Balaban J connectivity index is 1.11. The smallest absolute Gasteiger partial charge is 0.340 e. The maximum atomic E-state index is 14.8. The van der Waals surface area contributed by atoms with Gasteiger partial charge in [-0.15, -0.1) is 0 Å². The zero-order valence-electron chi connectivity index (χ0n) is 36.9. The molecule has 9 nitrogen and oxygen atoms in total. The number of ether oxygens (including phenoxy) is 2.